The predicted molar refractivity (Wildman–Crippen MR) is 55.9 cm³/mol. The fourth-order valence-electron chi connectivity index (χ4n) is 1.58. The Morgan fingerprint density at radius 2 is 2.00 bits per heavy atom. The van der Waals surface area contributed by atoms with Crippen LogP contribution in [0.2, 0.25) is 0 Å². The molecule has 1 N–H and O–H groups in total. The van der Waals surface area contributed by atoms with Gasteiger partial charge in [-0.2, -0.15) is 0 Å². The van der Waals surface area contributed by atoms with Gasteiger partial charge in [-0.1, -0.05) is 18.2 Å². The van der Waals surface area contributed by atoms with E-state index in [0.717, 1.165) is 0 Å². The minimum atomic E-state index is 0.352. The van der Waals surface area contributed by atoms with Crippen LogP contribution in [0.25, 0.3) is 0 Å². The Balaban J connectivity index is 1.92. The van der Waals surface area contributed by atoms with Crippen molar-refractivity contribution >= 4 is 11.8 Å². The van der Waals surface area contributed by atoms with Gasteiger partial charge in [0.1, 0.15) is 0 Å². The molecule has 1 aliphatic carbocycles. The van der Waals surface area contributed by atoms with Gasteiger partial charge in [-0.05, 0) is 30.9 Å². The first-order valence-electron chi connectivity index (χ1n) is 4.72. The monoisotopic (exact) mass is 194 g/mol. The van der Waals surface area contributed by atoms with Gasteiger partial charge in [0.25, 0.3) is 0 Å². The maximum absolute atomic E-state index is 9.02. The Bertz CT molecular complexity index is 258. The summed E-state index contributed by atoms with van der Waals surface area (Å²) >= 11 is 1.90. The van der Waals surface area contributed by atoms with Crippen LogP contribution in [0.4, 0.5) is 0 Å². The van der Waals surface area contributed by atoms with Gasteiger partial charge in [-0.3, -0.25) is 0 Å². The molecule has 0 aliphatic heterocycles. The van der Waals surface area contributed by atoms with E-state index in [2.05, 4.69) is 24.3 Å². The van der Waals surface area contributed by atoms with Crippen molar-refractivity contribution in [1.82, 2.24) is 0 Å². The van der Waals surface area contributed by atoms with Gasteiger partial charge >= 0.3 is 0 Å². The molecule has 0 heterocycles. The molecule has 0 spiro atoms. The third-order valence-corrected chi connectivity index (χ3v) is 4.08. The van der Waals surface area contributed by atoms with Crippen molar-refractivity contribution in [3.05, 3.63) is 30.3 Å². The van der Waals surface area contributed by atoms with E-state index < -0.39 is 0 Å². The first-order valence-corrected chi connectivity index (χ1v) is 5.60. The number of hydrogen-bond donors (Lipinski definition) is 1. The third-order valence-electron chi connectivity index (χ3n) is 2.61. The van der Waals surface area contributed by atoms with E-state index in [-0.39, 0.29) is 0 Å². The predicted octanol–water partition coefficient (Wildman–Crippen LogP) is 2.55. The number of hydrogen-bond acceptors (Lipinski definition) is 2. The van der Waals surface area contributed by atoms with E-state index in [4.69, 9.17) is 5.11 Å². The zero-order valence-electron chi connectivity index (χ0n) is 7.52. The molecule has 2 atom stereocenters. The van der Waals surface area contributed by atoms with Crippen molar-refractivity contribution in [1.29, 1.82) is 0 Å². The van der Waals surface area contributed by atoms with Crippen molar-refractivity contribution in [2.75, 3.05) is 6.61 Å². The molecule has 1 aromatic carbocycles. The van der Waals surface area contributed by atoms with E-state index in [1.54, 1.807) is 0 Å². The maximum Gasteiger partial charge on any atom is 0.0469 e. The molecule has 1 saturated carbocycles. The lowest BCUT2D eigenvalue weighted by Gasteiger charge is -2.34. The number of benzene rings is 1. The summed E-state index contributed by atoms with van der Waals surface area (Å²) in [6.07, 6.45) is 2.45. The highest BCUT2D eigenvalue weighted by Crippen LogP contribution is 2.40. The Kier molecular flexibility index (Phi) is 2.91. The largest absolute Gasteiger partial charge is 0.396 e. The topological polar surface area (TPSA) is 20.2 Å². The smallest absolute Gasteiger partial charge is 0.0469 e. The lowest BCUT2D eigenvalue weighted by molar-refractivity contribution is 0.170. The van der Waals surface area contributed by atoms with Crippen LogP contribution < -0.4 is 0 Å². The molecular weight excluding hydrogens is 180 g/mol. The fourth-order valence-corrected chi connectivity index (χ4v) is 2.91. The van der Waals surface area contributed by atoms with Gasteiger partial charge in [-0.25, -0.2) is 0 Å². The number of aliphatic hydroxyl groups is 1. The van der Waals surface area contributed by atoms with Crippen molar-refractivity contribution in [2.45, 2.75) is 23.0 Å². The second-order valence-electron chi connectivity index (χ2n) is 3.49. The molecule has 1 aliphatic rings. The second kappa shape index (κ2) is 4.16. The van der Waals surface area contributed by atoms with Crippen molar-refractivity contribution in [3.63, 3.8) is 0 Å². The molecule has 1 nitrogen and oxygen atoms in total. The van der Waals surface area contributed by atoms with Gasteiger partial charge in [-0.15, -0.1) is 11.8 Å². The van der Waals surface area contributed by atoms with Crippen LogP contribution in [0.5, 0.6) is 0 Å². The number of rotatable bonds is 3. The molecule has 0 radical (unpaired) electrons. The van der Waals surface area contributed by atoms with Gasteiger partial charge < -0.3 is 5.11 Å². The van der Waals surface area contributed by atoms with E-state index in [1.807, 2.05) is 17.8 Å². The molecule has 0 unspecified atom stereocenters. The van der Waals surface area contributed by atoms with Crippen LogP contribution in [0.1, 0.15) is 12.8 Å². The molecule has 70 valence electrons. The van der Waals surface area contributed by atoms with Crippen LogP contribution in [0.15, 0.2) is 35.2 Å². The number of aliphatic hydroxyl groups excluding tert-OH is 1. The van der Waals surface area contributed by atoms with Crippen LogP contribution in [0, 0.1) is 5.92 Å². The summed E-state index contributed by atoms with van der Waals surface area (Å²) in [7, 11) is 0. The van der Waals surface area contributed by atoms with Crippen LogP contribution in [-0.4, -0.2) is 17.0 Å². The molecule has 13 heavy (non-hydrogen) atoms. The summed E-state index contributed by atoms with van der Waals surface area (Å²) in [5.74, 6) is 0.533. The molecule has 2 rings (SSSR count). The highest BCUT2D eigenvalue weighted by atomic mass is 32.2. The quantitative estimate of drug-likeness (QED) is 0.798. The highest BCUT2D eigenvalue weighted by Gasteiger charge is 2.30. The maximum atomic E-state index is 9.02. The molecule has 2 heteroatoms. The van der Waals surface area contributed by atoms with Gasteiger partial charge in [0.2, 0.25) is 0 Å². The molecular formula is C11H14OS. The molecule has 0 saturated heterocycles. The van der Waals surface area contributed by atoms with Gasteiger partial charge in [0.05, 0.1) is 0 Å². The lowest BCUT2D eigenvalue weighted by atomic mass is 9.85. The van der Waals surface area contributed by atoms with Crippen LogP contribution in [0.3, 0.4) is 0 Å². The fraction of sp³-hybridized carbons (Fsp3) is 0.455. The number of thioether (sulfide) groups is 1. The van der Waals surface area contributed by atoms with Crippen molar-refractivity contribution in [3.8, 4) is 0 Å². The van der Waals surface area contributed by atoms with E-state index >= 15 is 0 Å². The average Bonchev–Trinajstić information content (AvgIpc) is 2.15. The molecule has 0 amide bonds. The first-order chi connectivity index (χ1) is 6.40. The summed E-state index contributed by atoms with van der Waals surface area (Å²) in [6.45, 7) is 0.352. The van der Waals surface area contributed by atoms with Gasteiger partial charge in [0.15, 0.2) is 0 Å². The first kappa shape index (κ1) is 9.10. The summed E-state index contributed by atoms with van der Waals surface area (Å²) in [5, 5.41) is 9.67. The minimum absolute atomic E-state index is 0.352. The molecule has 0 bridgehead atoms. The van der Waals surface area contributed by atoms with Crippen molar-refractivity contribution < 1.29 is 5.11 Å². The van der Waals surface area contributed by atoms with Crippen LogP contribution in [-0.2, 0) is 0 Å². The van der Waals surface area contributed by atoms with E-state index in [9.17, 15) is 0 Å². The molecule has 1 fully saturated rings. The zero-order chi connectivity index (χ0) is 9.10. The standard InChI is InChI=1S/C11H14OS/c12-8-9-6-7-11(9)13-10-4-2-1-3-5-10/h1-5,9,11-12H,6-8H2/t9-,11+/m1/s1. The minimum Gasteiger partial charge on any atom is -0.396 e. The SMILES string of the molecule is OC[C@H]1CC[C@@H]1Sc1ccccc1. The van der Waals surface area contributed by atoms with Crippen molar-refractivity contribution in [2.24, 2.45) is 5.92 Å². The summed E-state index contributed by atoms with van der Waals surface area (Å²) in [4.78, 5) is 1.32. The molecule has 0 aromatic heterocycles. The Morgan fingerprint density at radius 3 is 2.54 bits per heavy atom. The summed E-state index contributed by atoms with van der Waals surface area (Å²) < 4.78 is 0. The zero-order valence-corrected chi connectivity index (χ0v) is 8.33. The average molecular weight is 194 g/mol. The Labute approximate surface area is 83.2 Å². The van der Waals surface area contributed by atoms with E-state index in [1.165, 1.54) is 17.7 Å². The highest BCUT2D eigenvalue weighted by molar-refractivity contribution is 8.00. The third kappa shape index (κ3) is 2.06. The normalized spacial score (nSPS) is 26.8. The second-order valence-corrected chi connectivity index (χ2v) is 4.80. The summed E-state index contributed by atoms with van der Waals surface area (Å²) in [6, 6.07) is 10.4. The Morgan fingerprint density at radius 1 is 1.23 bits per heavy atom. The lowest BCUT2D eigenvalue weighted by Crippen LogP contribution is -2.31. The summed E-state index contributed by atoms with van der Waals surface area (Å²) in [5.41, 5.74) is 0. The van der Waals surface area contributed by atoms with E-state index in [0.29, 0.717) is 17.8 Å². The Hall–Kier alpha value is -0.470. The molecule has 1 aromatic rings. The van der Waals surface area contributed by atoms with Crippen LogP contribution >= 0.6 is 11.8 Å². The van der Waals surface area contributed by atoms with Gasteiger partial charge in [0, 0.05) is 16.8 Å².